The molecule has 0 amide bonds. The average Bonchev–Trinajstić information content (AvgIpc) is 2.56. The number of hydrogen-bond donors (Lipinski definition) is 1. The van der Waals surface area contributed by atoms with Crippen molar-refractivity contribution in [1.29, 1.82) is 0 Å². The molecule has 3 nitrogen and oxygen atoms in total. The molecule has 1 N–H and O–H groups in total. The summed E-state index contributed by atoms with van der Waals surface area (Å²) in [6, 6.07) is 4.75. The van der Waals surface area contributed by atoms with Crippen LogP contribution in [0.3, 0.4) is 0 Å². The molecule has 0 radical (unpaired) electrons. The lowest BCUT2D eigenvalue weighted by molar-refractivity contribution is 0.0989. The number of carbonyl (C=O) groups is 1. The number of carbonyl (C=O) groups excluding carboxylic acids is 1. The van der Waals surface area contributed by atoms with Crippen LogP contribution in [0.2, 0.25) is 0 Å². The van der Waals surface area contributed by atoms with Gasteiger partial charge in [0.15, 0.2) is 11.5 Å². The summed E-state index contributed by atoms with van der Waals surface area (Å²) >= 11 is 3.22. The molecule has 0 aliphatic carbocycles. The standard InChI is InChI=1S/C10H7BrO3/c1-5(12)9-4-6-8(14-9)3-2-7(13)10(6)11/h2-4,13H,1H3. The number of fused-ring (bicyclic) bond motifs is 1. The Balaban J connectivity index is 2.77. The smallest absolute Gasteiger partial charge is 0.194 e. The maximum atomic E-state index is 11.0. The fraction of sp³-hybridized carbons (Fsp3) is 0.100. The van der Waals surface area contributed by atoms with Crippen LogP contribution in [0.5, 0.6) is 5.75 Å². The van der Waals surface area contributed by atoms with E-state index in [9.17, 15) is 9.90 Å². The van der Waals surface area contributed by atoms with E-state index < -0.39 is 0 Å². The van der Waals surface area contributed by atoms with E-state index in [1.807, 2.05) is 0 Å². The third-order valence-electron chi connectivity index (χ3n) is 1.96. The zero-order chi connectivity index (χ0) is 10.3. The van der Waals surface area contributed by atoms with Gasteiger partial charge >= 0.3 is 0 Å². The molecule has 0 spiro atoms. The molecule has 1 heterocycles. The Labute approximate surface area is 88.5 Å². The molecule has 1 aromatic carbocycles. The zero-order valence-corrected chi connectivity index (χ0v) is 8.96. The van der Waals surface area contributed by atoms with Crippen LogP contribution in [0.4, 0.5) is 0 Å². The number of ketones is 1. The largest absolute Gasteiger partial charge is 0.507 e. The number of Topliss-reactive ketones (excluding diaryl/α,β-unsaturated/α-hetero) is 1. The van der Waals surface area contributed by atoms with Gasteiger partial charge in [0, 0.05) is 12.3 Å². The van der Waals surface area contributed by atoms with Crippen molar-refractivity contribution in [1.82, 2.24) is 0 Å². The van der Waals surface area contributed by atoms with Gasteiger partial charge in [-0.1, -0.05) is 0 Å². The van der Waals surface area contributed by atoms with Crippen LogP contribution >= 0.6 is 15.9 Å². The van der Waals surface area contributed by atoms with E-state index in [-0.39, 0.29) is 11.5 Å². The van der Waals surface area contributed by atoms with Crippen molar-refractivity contribution < 1.29 is 14.3 Å². The Bertz CT molecular complexity index is 513. The highest BCUT2D eigenvalue weighted by Gasteiger charge is 2.11. The monoisotopic (exact) mass is 254 g/mol. The highest BCUT2D eigenvalue weighted by atomic mass is 79.9. The highest BCUT2D eigenvalue weighted by molar-refractivity contribution is 9.10. The van der Waals surface area contributed by atoms with Crippen LogP contribution in [0.15, 0.2) is 27.1 Å². The molecule has 0 saturated heterocycles. The van der Waals surface area contributed by atoms with Crippen LogP contribution in [0, 0.1) is 0 Å². The normalized spacial score (nSPS) is 10.7. The summed E-state index contributed by atoms with van der Waals surface area (Å²) in [6.45, 7) is 1.44. The summed E-state index contributed by atoms with van der Waals surface area (Å²) in [6.07, 6.45) is 0. The van der Waals surface area contributed by atoms with Crippen LogP contribution in [0.1, 0.15) is 17.5 Å². The third-order valence-corrected chi connectivity index (χ3v) is 2.80. The van der Waals surface area contributed by atoms with Gasteiger partial charge in [-0.15, -0.1) is 0 Å². The van der Waals surface area contributed by atoms with E-state index >= 15 is 0 Å². The molecule has 0 saturated carbocycles. The number of hydrogen-bond acceptors (Lipinski definition) is 3. The average molecular weight is 255 g/mol. The van der Waals surface area contributed by atoms with Crippen molar-refractivity contribution in [2.75, 3.05) is 0 Å². The van der Waals surface area contributed by atoms with E-state index in [4.69, 9.17) is 4.42 Å². The minimum Gasteiger partial charge on any atom is -0.507 e. The van der Waals surface area contributed by atoms with Crippen LogP contribution < -0.4 is 0 Å². The summed E-state index contributed by atoms with van der Waals surface area (Å²) < 4.78 is 5.82. The second-order valence-electron chi connectivity index (χ2n) is 2.98. The molecule has 2 rings (SSSR count). The van der Waals surface area contributed by atoms with Gasteiger partial charge in [0.25, 0.3) is 0 Å². The topological polar surface area (TPSA) is 50.4 Å². The molecule has 0 fully saturated rings. The molecule has 0 aliphatic rings. The molecular weight excluding hydrogens is 248 g/mol. The predicted molar refractivity (Wildman–Crippen MR) is 55.6 cm³/mol. The van der Waals surface area contributed by atoms with Crippen molar-refractivity contribution in [3.8, 4) is 5.75 Å². The molecule has 0 atom stereocenters. The molecule has 72 valence electrons. The quantitative estimate of drug-likeness (QED) is 0.796. The lowest BCUT2D eigenvalue weighted by Crippen LogP contribution is -1.85. The first-order chi connectivity index (χ1) is 6.59. The van der Waals surface area contributed by atoms with Gasteiger partial charge in [-0.2, -0.15) is 0 Å². The minimum atomic E-state index is -0.132. The molecule has 14 heavy (non-hydrogen) atoms. The molecule has 1 aromatic heterocycles. The first-order valence-corrected chi connectivity index (χ1v) is 4.81. The summed E-state index contributed by atoms with van der Waals surface area (Å²) in [5.41, 5.74) is 0.583. The van der Waals surface area contributed by atoms with E-state index in [0.717, 1.165) is 0 Å². The Kier molecular flexibility index (Phi) is 2.07. The van der Waals surface area contributed by atoms with Gasteiger partial charge in [0.05, 0.1) is 4.47 Å². The van der Waals surface area contributed by atoms with Gasteiger partial charge in [-0.25, -0.2) is 0 Å². The van der Waals surface area contributed by atoms with Crippen LogP contribution in [-0.4, -0.2) is 10.9 Å². The maximum Gasteiger partial charge on any atom is 0.194 e. The summed E-state index contributed by atoms with van der Waals surface area (Å²) in [5.74, 6) is 0.298. The third kappa shape index (κ3) is 1.32. The number of halogens is 1. The molecule has 2 aromatic rings. The number of benzene rings is 1. The van der Waals surface area contributed by atoms with E-state index in [1.165, 1.54) is 13.0 Å². The van der Waals surface area contributed by atoms with Crippen molar-refractivity contribution >= 4 is 32.7 Å². The van der Waals surface area contributed by atoms with Crippen LogP contribution in [0.25, 0.3) is 11.0 Å². The van der Waals surface area contributed by atoms with Crippen molar-refractivity contribution in [3.63, 3.8) is 0 Å². The Morgan fingerprint density at radius 3 is 2.86 bits per heavy atom. The molecule has 0 aliphatic heterocycles. The summed E-state index contributed by atoms with van der Waals surface area (Å²) in [4.78, 5) is 11.0. The van der Waals surface area contributed by atoms with Gasteiger partial charge in [0.2, 0.25) is 0 Å². The second kappa shape index (κ2) is 3.13. The van der Waals surface area contributed by atoms with Crippen molar-refractivity contribution in [3.05, 3.63) is 28.4 Å². The number of rotatable bonds is 1. The molecular formula is C10H7BrO3. The lowest BCUT2D eigenvalue weighted by atomic mass is 10.2. The maximum absolute atomic E-state index is 11.0. The first-order valence-electron chi connectivity index (χ1n) is 4.01. The number of aromatic hydroxyl groups is 1. The number of furan rings is 1. The minimum absolute atomic E-state index is 0.132. The predicted octanol–water partition coefficient (Wildman–Crippen LogP) is 3.10. The fourth-order valence-corrected chi connectivity index (χ4v) is 1.68. The number of phenolic OH excluding ortho intramolecular Hbond substituents is 1. The number of phenols is 1. The van der Waals surface area contributed by atoms with Crippen molar-refractivity contribution in [2.24, 2.45) is 0 Å². The lowest BCUT2D eigenvalue weighted by Gasteiger charge is -1.95. The van der Waals surface area contributed by atoms with Crippen molar-refractivity contribution in [2.45, 2.75) is 6.92 Å². The molecule has 0 unspecified atom stereocenters. The second-order valence-corrected chi connectivity index (χ2v) is 3.77. The highest BCUT2D eigenvalue weighted by Crippen LogP contribution is 2.34. The van der Waals surface area contributed by atoms with Gasteiger partial charge in [0.1, 0.15) is 11.3 Å². The fourth-order valence-electron chi connectivity index (χ4n) is 1.24. The van der Waals surface area contributed by atoms with Gasteiger partial charge in [-0.05, 0) is 34.1 Å². The van der Waals surface area contributed by atoms with E-state index in [2.05, 4.69) is 15.9 Å². The van der Waals surface area contributed by atoms with E-state index in [1.54, 1.807) is 12.1 Å². The Morgan fingerprint density at radius 2 is 2.21 bits per heavy atom. The molecule has 0 bridgehead atoms. The first kappa shape index (κ1) is 9.27. The van der Waals surface area contributed by atoms with Gasteiger partial charge < -0.3 is 9.52 Å². The summed E-state index contributed by atoms with van der Waals surface area (Å²) in [5, 5.41) is 10.1. The zero-order valence-electron chi connectivity index (χ0n) is 7.37. The molecule has 4 heteroatoms. The summed E-state index contributed by atoms with van der Waals surface area (Å²) in [7, 11) is 0. The van der Waals surface area contributed by atoms with Crippen LogP contribution in [-0.2, 0) is 0 Å². The SMILES string of the molecule is CC(=O)c1cc2c(Br)c(O)ccc2o1. The van der Waals surface area contributed by atoms with Gasteiger partial charge in [-0.3, -0.25) is 4.79 Å². The Morgan fingerprint density at radius 1 is 1.50 bits per heavy atom. The van der Waals surface area contributed by atoms with E-state index in [0.29, 0.717) is 21.2 Å². The Hall–Kier alpha value is -1.29.